The van der Waals surface area contributed by atoms with Crippen molar-refractivity contribution in [3.05, 3.63) is 28.8 Å². The van der Waals surface area contributed by atoms with Gasteiger partial charge in [-0.2, -0.15) is 0 Å². The summed E-state index contributed by atoms with van der Waals surface area (Å²) in [5.74, 6) is 0.00627. The third kappa shape index (κ3) is 4.00. The molecule has 1 unspecified atom stereocenters. The first-order chi connectivity index (χ1) is 7.65. The SMILES string of the molecule is CCCCNCC(O)c1ccc(Cl)c(O)c1. The summed E-state index contributed by atoms with van der Waals surface area (Å²) in [6, 6.07) is 4.80. The van der Waals surface area contributed by atoms with E-state index in [0.717, 1.165) is 19.4 Å². The quantitative estimate of drug-likeness (QED) is 0.673. The van der Waals surface area contributed by atoms with Gasteiger partial charge >= 0.3 is 0 Å². The van der Waals surface area contributed by atoms with Crippen molar-refractivity contribution in [3.63, 3.8) is 0 Å². The molecule has 0 bridgehead atoms. The Hall–Kier alpha value is -0.770. The molecule has 0 spiro atoms. The van der Waals surface area contributed by atoms with Crippen molar-refractivity contribution < 1.29 is 10.2 Å². The Bertz CT molecular complexity index is 331. The second-order valence-corrected chi connectivity index (χ2v) is 4.19. The number of nitrogens with one attached hydrogen (secondary N) is 1. The molecule has 4 heteroatoms. The molecular weight excluding hydrogens is 226 g/mol. The van der Waals surface area contributed by atoms with Gasteiger partial charge in [0, 0.05) is 6.54 Å². The van der Waals surface area contributed by atoms with Gasteiger partial charge in [-0.1, -0.05) is 31.0 Å². The predicted molar refractivity (Wildman–Crippen MR) is 65.9 cm³/mol. The lowest BCUT2D eigenvalue weighted by Crippen LogP contribution is -2.22. The number of benzene rings is 1. The number of hydrogen-bond donors (Lipinski definition) is 3. The number of aromatic hydroxyl groups is 1. The summed E-state index contributed by atoms with van der Waals surface area (Å²) in [7, 11) is 0. The van der Waals surface area contributed by atoms with Crippen LogP contribution in [0.2, 0.25) is 5.02 Å². The molecule has 0 aliphatic carbocycles. The summed E-state index contributed by atoms with van der Waals surface area (Å²) < 4.78 is 0. The molecule has 0 saturated heterocycles. The molecule has 0 radical (unpaired) electrons. The van der Waals surface area contributed by atoms with Gasteiger partial charge in [0.05, 0.1) is 11.1 Å². The highest BCUT2D eigenvalue weighted by atomic mass is 35.5. The summed E-state index contributed by atoms with van der Waals surface area (Å²) in [6.45, 7) is 3.50. The first-order valence-corrected chi connectivity index (χ1v) is 5.90. The van der Waals surface area contributed by atoms with Crippen molar-refractivity contribution >= 4 is 11.6 Å². The molecule has 0 aromatic heterocycles. The summed E-state index contributed by atoms with van der Waals surface area (Å²) in [6.07, 6.45) is 1.61. The van der Waals surface area contributed by atoms with Crippen molar-refractivity contribution in [2.75, 3.05) is 13.1 Å². The van der Waals surface area contributed by atoms with Crippen LogP contribution in [0.4, 0.5) is 0 Å². The van der Waals surface area contributed by atoms with Crippen LogP contribution in [-0.2, 0) is 0 Å². The van der Waals surface area contributed by atoms with E-state index in [9.17, 15) is 10.2 Å². The first-order valence-electron chi connectivity index (χ1n) is 5.52. The lowest BCUT2D eigenvalue weighted by atomic mass is 10.1. The van der Waals surface area contributed by atoms with E-state index < -0.39 is 6.10 Å². The van der Waals surface area contributed by atoms with Crippen LogP contribution < -0.4 is 5.32 Å². The Morgan fingerprint density at radius 3 is 2.81 bits per heavy atom. The third-order valence-electron chi connectivity index (χ3n) is 2.40. The molecule has 0 aliphatic heterocycles. The number of halogens is 1. The van der Waals surface area contributed by atoms with E-state index in [2.05, 4.69) is 12.2 Å². The molecule has 1 aromatic rings. The first kappa shape index (κ1) is 13.3. The number of hydrogen-bond acceptors (Lipinski definition) is 3. The van der Waals surface area contributed by atoms with Gasteiger partial charge in [0.1, 0.15) is 5.75 Å². The van der Waals surface area contributed by atoms with Gasteiger partial charge in [-0.05, 0) is 30.7 Å². The minimum atomic E-state index is -0.611. The van der Waals surface area contributed by atoms with Crippen molar-refractivity contribution in [3.8, 4) is 5.75 Å². The van der Waals surface area contributed by atoms with Crippen molar-refractivity contribution in [1.82, 2.24) is 5.32 Å². The Balaban J connectivity index is 2.46. The van der Waals surface area contributed by atoms with Crippen LogP contribution in [0.15, 0.2) is 18.2 Å². The monoisotopic (exact) mass is 243 g/mol. The van der Waals surface area contributed by atoms with Gasteiger partial charge in [-0.25, -0.2) is 0 Å². The lowest BCUT2D eigenvalue weighted by Gasteiger charge is -2.12. The predicted octanol–water partition coefficient (Wildman–Crippen LogP) is 2.47. The van der Waals surface area contributed by atoms with Crippen LogP contribution >= 0.6 is 11.6 Å². The Kier molecular flexibility index (Phi) is 5.60. The molecular formula is C12H18ClNO2. The maximum Gasteiger partial charge on any atom is 0.134 e. The number of phenols is 1. The molecule has 90 valence electrons. The largest absolute Gasteiger partial charge is 0.506 e. The number of aliphatic hydroxyl groups excluding tert-OH is 1. The van der Waals surface area contributed by atoms with Crippen LogP contribution in [0.25, 0.3) is 0 Å². The van der Waals surface area contributed by atoms with E-state index >= 15 is 0 Å². The van der Waals surface area contributed by atoms with E-state index in [-0.39, 0.29) is 5.75 Å². The van der Waals surface area contributed by atoms with Crippen LogP contribution in [0, 0.1) is 0 Å². The fraction of sp³-hybridized carbons (Fsp3) is 0.500. The normalized spacial score (nSPS) is 12.7. The lowest BCUT2D eigenvalue weighted by molar-refractivity contribution is 0.174. The van der Waals surface area contributed by atoms with Gasteiger partial charge in [0.25, 0.3) is 0 Å². The number of unbranched alkanes of at least 4 members (excludes halogenated alkanes) is 1. The van der Waals surface area contributed by atoms with Crippen LogP contribution in [0.3, 0.4) is 0 Å². The van der Waals surface area contributed by atoms with Crippen molar-refractivity contribution in [2.45, 2.75) is 25.9 Å². The third-order valence-corrected chi connectivity index (χ3v) is 2.72. The van der Waals surface area contributed by atoms with Crippen LogP contribution in [0.1, 0.15) is 31.4 Å². The second-order valence-electron chi connectivity index (χ2n) is 3.78. The molecule has 1 aromatic carbocycles. The zero-order valence-corrected chi connectivity index (χ0v) is 10.2. The van der Waals surface area contributed by atoms with Crippen LogP contribution in [0.5, 0.6) is 5.75 Å². The highest BCUT2D eigenvalue weighted by molar-refractivity contribution is 6.32. The van der Waals surface area contributed by atoms with Gasteiger partial charge in [-0.15, -0.1) is 0 Å². The Morgan fingerprint density at radius 2 is 2.19 bits per heavy atom. The summed E-state index contributed by atoms with van der Waals surface area (Å²) in [4.78, 5) is 0. The van der Waals surface area contributed by atoms with Crippen molar-refractivity contribution in [1.29, 1.82) is 0 Å². The average molecular weight is 244 g/mol. The van der Waals surface area contributed by atoms with Crippen molar-refractivity contribution in [2.24, 2.45) is 0 Å². The Morgan fingerprint density at radius 1 is 1.44 bits per heavy atom. The fourth-order valence-corrected chi connectivity index (χ4v) is 1.51. The number of phenolic OH excluding ortho intramolecular Hbond substituents is 1. The molecule has 16 heavy (non-hydrogen) atoms. The fourth-order valence-electron chi connectivity index (χ4n) is 1.40. The van der Waals surface area contributed by atoms with Gasteiger partial charge in [-0.3, -0.25) is 0 Å². The van der Waals surface area contributed by atoms with E-state index in [1.807, 2.05) is 0 Å². The molecule has 3 N–H and O–H groups in total. The molecule has 3 nitrogen and oxygen atoms in total. The van der Waals surface area contributed by atoms with Gasteiger partial charge in [0.15, 0.2) is 0 Å². The average Bonchev–Trinajstić information content (AvgIpc) is 2.28. The smallest absolute Gasteiger partial charge is 0.134 e. The molecule has 0 heterocycles. The highest BCUT2D eigenvalue weighted by Gasteiger charge is 2.08. The van der Waals surface area contributed by atoms with Gasteiger partial charge in [0.2, 0.25) is 0 Å². The Labute approximate surface area is 101 Å². The topological polar surface area (TPSA) is 52.5 Å². The van der Waals surface area contributed by atoms with E-state index in [1.165, 1.54) is 6.07 Å². The van der Waals surface area contributed by atoms with E-state index in [4.69, 9.17) is 11.6 Å². The maximum atomic E-state index is 9.82. The highest BCUT2D eigenvalue weighted by Crippen LogP contribution is 2.26. The zero-order valence-electron chi connectivity index (χ0n) is 9.41. The molecule has 0 aliphatic rings. The maximum absolute atomic E-state index is 9.82. The second kappa shape index (κ2) is 6.74. The summed E-state index contributed by atoms with van der Waals surface area (Å²) >= 11 is 5.68. The molecule has 0 amide bonds. The molecule has 1 rings (SSSR count). The minimum absolute atomic E-state index is 0.00627. The van der Waals surface area contributed by atoms with E-state index in [1.54, 1.807) is 12.1 Å². The van der Waals surface area contributed by atoms with Crippen LogP contribution in [-0.4, -0.2) is 23.3 Å². The summed E-state index contributed by atoms with van der Waals surface area (Å²) in [5.41, 5.74) is 0.672. The standard InChI is InChI=1S/C12H18ClNO2/c1-2-3-6-14-8-12(16)9-4-5-10(13)11(15)7-9/h4-5,7,12,14-16H,2-3,6,8H2,1H3. The zero-order chi connectivity index (χ0) is 12.0. The molecule has 1 atom stereocenters. The number of rotatable bonds is 6. The molecule has 0 saturated carbocycles. The van der Waals surface area contributed by atoms with E-state index in [0.29, 0.717) is 17.1 Å². The summed E-state index contributed by atoms with van der Waals surface area (Å²) in [5, 5.41) is 22.7. The van der Waals surface area contributed by atoms with Gasteiger partial charge < -0.3 is 15.5 Å². The molecule has 0 fully saturated rings. The number of aliphatic hydroxyl groups is 1. The minimum Gasteiger partial charge on any atom is -0.506 e.